The highest BCUT2D eigenvalue weighted by molar-refractivity contribution is 6.74. The summed E-state index contributed by atoms with van der Waals surface area (Å²) in [6, 6.07) is 2.87. The average Bonchev–Trinajstić information content (AvgIpc) is 2.48. The second-order valence-electron chi connectivity index (χ2n) is 7.11. The SMILES string of the molecule is Cc1cc(Cl)c(OCCO[Si](C)(C)C(C)(C)C)cc1N.NNC(N)=O. The van der Waals surface area contributed by atoms with Crippen LogP contribution in [0.25, 0.3) is 0 Å². The molecule has 0 saturated carbocycles. The summed E-state index contributed by atoms with van der Waals surface area (Å²) in [6.45, 7) is 14.1. The van der Waals surface area contributed by atoms with E-state index < -0.39 is 14.3 Å². The first-order valence-corrected chi connectivity index (χ1v) is 11.2. The van der Waals surface area contributed by atoms with Crippen LogP contribution < -0.4 is 27.5 Å². The molecule has 0 atom stereocenters. The van der Waals surface area contributed by atoms with Crippen molar-refractivity contribution in [2.24, 2.45) is 11.6 Å². The van der Waals surface area contributed by atoms with Crippen molar-refractivity contribution >= 4 is 31.6 Å². The number of urea groups is 1. The fraction of sp³-hybridized carbons (Fsp3) is 0.562. The molecule has 0 aliphatic heterocycles. The van der Waals surface area contributed by atoms with Gasteiger partial charge in [-0.15, -0.1) is 0 Å². The number of amides is 2. The van der Waals surface area contributed by atoms with Crippen molar-refractivity contribution in [1.82, 2.24) is 5.43 Å². The highest BCUT2D eigenvalue weighted by Crippen LogP contribution is 2.36. The van der Waals surface area contributed by atoms with E-state index in [1.807, 2.05) is 13.0 Å². The Hall–Kier alpha value is -1.48. The zero-order valence-corrected chi connectivity index (χ0v) is 17.7. The molecule has 0 unspecified atom stereocenters. The molecule has 0 aromatic heterocycles. The quantitative estimate of drug-likeness (QED) is 0.153. The number of rotatable bonds is 5. The lowest BCUT2D eigenvalue weighted by atomic mass is 10.2. The number of benzene rings is 1. The molecular weight excluding hydrogens is 360 g/mol. The number of nitrogens with two attached hydrogens (primary N) is 3. The first-order valence-electron chi connectivity index (χ1n) is 7.90. The van der Waals surface area contributed by atoms with E-state index in [4.69, 9.17) is 26.5 Å². The van der Waals surface area contributed by atoms with Gasteiger partial charge in [-0.05, 0) is 36.7 Å². The van der Waals surface area contributed by atoms with Crippen LogP contribution in [0.15, 0.2) is 12.1 Å². The first kappa shape index (κ1) is 23.5. The second kappa shape index (κ2) is 9.86. The van der Waals surface area contributed by atoms with Gasteiger partial charge < -0.3 is 20.6 Å². The van der Waals surface area contributed by atoms with E-state index in [1.54, 1.807) is 11.5 Å². The molecule has 0 bridgehead atoms. The number of hydrogen-bond donors (Lipinski definition) is 4. The van der Waals surface area contributed by atoms with Crippen LogP contribution in [0.5, 0.6) is 5.75 Å². The van der Waals surface area contributed by atoms with Crippen LogP contribution >= 0.6 is 11.6 Å². The molecule has 25 heavy (non-hydrogen) atoms. The Morgan fingerprint density at radius 1 is 1.28 bits per heavy atom. The minimum absolute atomic E-state index is 0.207. The first-order chi connectivity index (χ1) is 11.3. The van der Waals surface area contributed by atoms with Gasteiger partial charge in [0.05, 0.1) is 11.6 Å². The third kappa shape index (κ3) is 8.44. The largest absolute Gasteiger partial charge is 0.490 e. The summed E-state index contributed by atoms with van der Waals surface area (Å²) in [4.78, 5) is 9.35. The Balaban J connectivity index is 0.00000101. The van der Waals surface area contributed by atoms with E-state index in [0.717, 1.165) is 5.56 Å². The maximum atomic E-state index is 9.35. The molecule has 0 aliphatic carbocycles. The third-order valence-electron chi connectivity index (χ3n) is 4.07. The summed E-state index contributed by atoms with van der Waals surface area (Å²) in [7, 11) is -1.71. The number of primary amides is 1. The summed E-state index contributed by atoms with van der Waals surface area (Å²) in [5.41, 5.74) is 13.6. The number of carbonyl (C=O) groups excluding carboxylic acids is 1. The Bertz CT molecular complexity index is 577. The van der Waals surface area contributed by atoms with Crippen LogP contribution in [-0.4, -0.2) is 27.6 Å². The summed E-state index contributed by atoms with van der Waals surface area (Å²) in [6.07, 6.45) is 0. The average molecular weight is 391 g/mol. The number of hydrazine groups is 1. The van der Waals surface area contributed by atoms with Gasteiger partial charge in [0.2, 0.25) is 0 Å². The molecule has 9 heteroatoms. The van der Waals surface area contributed by atoms with Gasteiger partial charge in [-0.1, -0.05) is 32.4 Å². The minimum Gasteiger partial charge on any atom is -0.490 e. The van der Waals surface area contributed by atoms with Gasteiger partial charge in [-0.25, -0.2) is 10.6 Å². The van der Waals surface area contributed by atoms with E-state index in [0.29, 0.717) is 29.7 Å². The van der Waals surface area contributed by atoms with Gasteiger partial charge in [0.1, 0.15) is 12.4 Å². The van der Waals surface area contributed by atoms with Crippen molar-refractivity contribution in [3.8, 4) is 5.75 Å². The molecule has 2 amide bonds. The smallest absolute Gasteiger partial charge is 0.326 e. The van der Waals surface area contributed by atoms with Gasteiger partial charge in [-0.3, -0.25) is 5.43 Å². The molecule has 1 aromatic rings. The van der Waals surface area contributed by atoms with Gasteiger partial charge in [-0.2, -0.15) is 0 Å². The number of nitrogens with one attached hydrogen (secondary N) is 1. The number of halogens is 1. The molecule has 1 aromatic carbocycles. The minimum atomic E-state index is -1.71. The zero-order chi connectivity index (χ0) is 19.8. The van der Waals surface area contributed by atoms with Crippen LogP contribution in [0.3, 0.4) is 0 Å². The second-order valence-corrected chi connectivity index (χ2v) is 12.3. The molecule has 0 saturated heterocycles. The molecule has 1 rings (SSSR count). The highest BCUT2D eigenvalue weighted by atomic mass is 35.5. The number of hydrogen-bond acceptors (Lipinski definition) is 5. The monoisotopic (exact) mass is 390 g/mol. The van der Waals surface area contributed by atoms with E-state index >= 15 is 0 Å². The van der Waals surface area contributed by atoms with Crippen molar-refractivity contribution < 1.29 is 14.0 Å². The lowest BCUT2D eigenvalue weighted by molar-refractivity contribution is 0.203. The standard InChI is InChI=1S/C15H26ClNO2Si.CH5N3O/c1-11-9-12(16)14(10-13(11)17)18-7-8-19-20(5,6)15(2,3)4;2-1(5)4-3/h9-10H,7-8,17H2,1-6H3;3H2,(H3,2,4,5). The maximum absolute atomic E-state index is 9.35. The maximum Gasteiger partial charge on any atom is 0.326 e. The summed E-state index contributed by atoms with van der Waals surface area (Å²) in [5, 5.41) is 0.794. The zero-order valence-electron chi connectivity index (χ0n) is 15.9. The van der Waals surface area contributed by atoms with Crippen molar-refractivity contribution in [1.29, 1.82) is 0 Å². The van der Waals surface area contributed by atoms with Gasteiger partial charge in [0, 0.05) is 11.8 Å². The molecular formula is C16H31ClN4O3Si. The number of anilines is 1. The van der Waals surface area contributed by atoms with Crippen molar-refractivity contribution in [2.45, 2.75) is 45.8 Å². The molecule has 144 valence electrons. The number of carbonyl (C=O) groups is 1. The molecule has 0 radical (unpaired) electrons. The summed E-state index contributed by atoms with van der Waals surface area (Å²) >= 11 is 6.13. The molecule has 0 fully saturated rings. The molecule has 0 aliphatic rings. The Morgan fingerprint density at radius 2 is 1.80 bits per heavy atom. The normalized spacial score (nSPS) is 11.4. The summed E-state index contributed by atoms with van der Waals surface area (Å²) in [5.74, 6) is 5.07. The van der Waals surface area contributed by atoms with E-state index in [-0.39, 0.29) is 5.04 Å². The van der Waals surface area contributed by atoms with Gasteiger partial charge in [0.25, 0.3) is 0 Å². The summed E-state index contributed by atoms with van der Waals surface area (Å²) < 4.78 is 11.7. The predicted molar refractivity (Wildman–Crippen MR) is 106 cm³/mol. The predicted octanol–water partition coefficient (Wildman–Crippen LogP) is 3.16. The lowest BCUT2D eigenvalue weighted by Crippen LogP contribution is -2.41. The Morgan fingerprint density at radius 3 is 2.24 bits per heavy atom. The number of ether oxygens (including phenoxy) is 1. The number of aryl methyl sites for hydroxylation is 1. The third-order valence-corrected chi connectivity index (χ3v) is 8.91. The van der Waals surface area contributed by atoms with Crippen LogP contribution in [0.1, 0.15) is 26.3 Å². The van der Waals surface area contributed by atoms with Crippen molar-refractivity contribution in [3.05, 3.63) is 22.7 Å². The van der Waals surface area contributed by atoms with Crippen LogP contribution in [0.2, 0.25) is 23.2 Å². The van der Waals surface area contributed by atoms with E-state index in [2.05, 4.69) is 45.4 Å². The van der Waals surface area contributed by atoms with Crippen molar-refractivity contribution in [2.75, 3.05) is 18.9 Å². The van der Waals surface area contributed by atoms with Crippen molar-refractivity contribution in [3.63, 3.8) is 0 Å². The van der Waals surface area contributed by atoms with Gasteiger partial charge in [0.15, 0.2) is 8.32 Å². The fourth-order valence-electron chi connectivity index (χ4n) is 1.44. The molecule has 0 spiro atoms. The van der Waals surface area contributed by atoms with Gasteiger partial charge >= 0.3 is 6.03 Å². The Labute approximate surface area is 156 Å². The topological polar surface area (TPSA) is 126 Å². The highest BCUT2D eigenvalue weighted by Gasteiger charge is 2.36. The van der Waals surface area contributed by atoms with E-state index in [9.17, 15) is 4.79 Å². The van der Waals surface area contributed by atoms with Crippen LogP contribution in [-0.2, 0) is 4.43 Å². The fourth-order valence-corrected chi connectivity index (χ4v) is 2.74. The van der Waals surface area contributed by atoms with Crippen LogP contribution in [0, 0.1) is 6.92 Å². The van der Waals surface area contributed by atoms with E-state index in [1.165, 1.54) is 0 Å². The Kier molecular flexibility index (Phi) is 9.27. The van der Waals surface area contributed by atoms with Crippen LogP contribution in [0.4, 0.5) is 10.5 Å². The number of nitrogen functional groups attached to an aromatic ring is 1. The molecule has 7 N–H and O–H groups in total. The molecule has 0 heterocycles. The molecule has 7 nitrogen and oxygen atoms in total. The lowest BCUT2D eigenvalue weighted by Gasteiger charge is -2.36.